The monoisotopic (exact) mass is 267 g/mol. The van der Waals surface area contributed by atoms with Gasteiger partial charge in [0.25, 0.3) is 0 Å². The highest BCUT2D eigenvalue weighted by atomic mass is 35.5. The van der Waals surface area contributed by atoms with Crippen LogP contribution in [0.5, 0.6) is 0 Å². The minimum atomic E-state index is -0.489. The van der Waals surface area contributed by atoms with Gasteiger partial charge in [-0.05, 0) is 18.2 Å². The zero-order valence-electron chi connectivity index (χ0n) is 9.54. The molecule has 0 aromatic carbocycles. The largest absolute Gasteiger partial charge is 0.467 e. The first-order valence-electron chi connectivity index (χ1n) is 5.12. The third-order valence-electron chi connectivity index (χ3n) is 2.35. The van der Waals surface area contributed by atoms with E-state index in [2.05, 4.69) is 4.98 Å². The topological polar surface area (TPSA) is 72.4 Å². The summed E-state index contributed by atoms with van der Waals surface area (Å²) in [5.41, 5.74) is -0.0894. The summed E-state index contributed by atoms with van der Waals surface area (Å²) in [4.78, 5) is 16.0. The van der Waals surface area contributed by atoms with Gasteiger partial charge in [-0.1, -0.05) is 11.6 Å². The predicted octanol–water partition coefficient (Wildman–Crippen LogP) is 2.87. The molecular weight excluding hydrogens is 258 g/mol. The smallest absolute Gasteiger partial charge is 0.311 e. The van der Waals surface area contributed by atoms with Gasteiger partial charge in [-0.25, -0.2) is 4.98 Å². The van der Waals surface area contributed by atoms with Crippen LogP contribution >= 0.6 is 11.6 Å². The van der Waals surface area contributed by atoms with Crippen LogP contribution in [0, 0.1) is 10.1 Å². The Labute approximate surface area is 108 Å². The van der Waals surface area contributed by atoms with Crippen LogP contribution in [0.25, 0.3) is 0 Å². The SMILES string of the molecule is CN(Cc1ccco1)c1nc(Cl)ccc1[N+](=O)[O-]. The number of nitrogens with zero attached hydrogens (tertiary/aromatic N) is 3. The van der Waals surface area contributed by atoms with Crippen molar-refractivity contribution in [3.8, 4) is 0 Å². The maximum Gasteiger partial charge on any atom is 0.311 e. The fourth-order valence-electron chi connectivity index (χ4n) is 1.55. The van der Waals surface area contributed by atoms with Gasteiger partial charge in [0.1, 0.15) is 10.9 Å². The molecule has 2 aromatic heterocycles. The molecule has 0 bridgehead atoms. The van der Waals surface area contributed by atoms with E-state index in [1.807, 2.05) is 0 Å². The number of halogens is 1. The maximum atomic E-state index is 10.9. The Morgan fingerprint density at radius 2 is 2.28 bits per heavy atom. The lowest BCUT2D eigenvalue weighted by atomic mass is 10.3. The van der Waals surface area contributed by atoms with Gasteiger partial charge in [0.05, 0.1) is 17.7 Å². The van der Waals surface area contributed by atoms with Crippen LogP contribution < -0.4 is 4.90 Å². The molecule has 18 heavy (non-hydrogen) atoms. The van der Waals surface area contributed by atoms with Crippen LogP contribution in [0.3, 0.4) is 0 Å². The van der Waals surface area contributed by atoms with Crippen molar-refractivity contribution in [1.82, 2.24) is 4.98 Å². The van der Waals surface area contributed by atoms with Gasteiger partial charge < -0.3 is 9.32 Å². The molecule has 0 N–H and O–H groups in total. The Hall–Kier alpha value is -2.08. The molecule has 0 saturated heterocycles. The second-order valence-electron chi connectivity index (χ2n) is 3.67. The molecule has 6 nitrogen and oxygen atoms in total. The zero-order chi connectivity index (χ0) is 13.1. The van der Waals surface area contributed by atoms with Gasteiger partial charge in [0.2, 0.25) is 5.82 Å². The van der Waals surface area contributed by atoms with E-state index < -0.39 is 4.92 Å². The van der Waals surface area contributed by atoms with Gasteiger partial charge in [-0.2, -0.15) is 0 Å². The number of rotatable bonds is 4. The number of furan rings is 1. The van der Waals surface area contributed by atoms with Crippen LogP contribution in [0.4, 0.5) is 11.5 Å². The number of pyridine rings is 1. The molecule has 0 amide bonds. The minimum absolute atomic E-state index is 0.0894. The Bertz CT molecular complexity index is 557. The predicted molar refractivity (Wildman–Crippen MR) is 66.7 cm³/mol. The van der Waals surface area contributed by atoms with Crippen LogP contribution in [0.2, 0.25) is 5.15 Å². The Kier molecular flexibility index (Phi) is 3.47. The quantitative estimate of drug-likeness (QED) is 0.484. The summed E-state index contributed by atoms with van der Waals surface area (Å²) in [6, 6.07) is 6.27. The lowest BCUT2D eigenvalue weighted by molar-refractivity contribution is -0.384. The highest BCUT2D eigenvalue weighted by Crippen LogP contribution is 2.27. The van der Waals surface area contributed by atoms with Crippen molar-refractivity contribution in [2.45, 2.75) is 6.54 Å². The standard InChI is InChI=1S/C11H10ClN3O3/c1-14(7-8-3-2-6-18-8)11-9(15(16)17)4-5-10(12)13-11/h2-6H,7H2,1H3. The molecular formula is C11H10ClN3O3. The van der Waals surface area contributed by atoms with Crippen molar-refractivity contribution in [2.24, 2.45) is 0 Å². The minimum Gasteiger partial charge on any atom is -0.467 e. The molecule has 7 heteroatoms. The first-order valence-corrected chi connectivity index (χ1v) is 5.50. The van der Waals surface area contributed by atoms with E-state index in [9.17, 15) is 10.1 Å². The third kappa shape index (κ3) is 2.60. The van der Waals surface area contributed by atoms with E-state index in [0.29, 0.717) is 12.3 Å². The third-order valence-corrected chi connectivity index (χ3v) is 2.56. The molecule has 0 atom stereocenters. The zero-order valence-corrected chi connectivity index (χ0v) is 10.3. The summed E-state index contributed by atoms with van der Waals surface area (Å²) < 4.78 is 5.18. The molecule has 0 aliphatic carbocycles. The molecule has 0 aliphatic rings. The van der Waals surface area contributed by atoms with Crippen LogP contribution in [-0.2, 0) is 6.54 Å². The molecule has 0 aliphatic heterocycles. The van der Waals surface area contributed by atoms with Gasteiger partial charge in [0.15, 0.2) is 0 Å². The summed E-state index contributed by atoms with van der Waals surface area (Å²) >= 11 is 5.76. The van der Waals surface area contributed by atoms with Gasteiger partial charge in [0, 0.05) is 13.1 Å². The fourth-order valence-corrected chi connectivity index (χ4v) is 1.70. The molecule has 0 fully saturated rings. The first kappa shape index (κ1) is 12.4. The number of aromatic nitrogens is 1. The molecule has 0 saturated carbocycles. The van der Waals surface area contributed by atoms with Gasteiger partial charge >= 0.3 is 5.69 Å². The average molecular weight is 268 g/mol. The van der Waals surface area contributed by atoms with Crippen molar-refractivity contribution in [1.29, 1.82) is 0 Å². The summed E-state index contributed by atoms with van der Waals surface area (Å²) in [6.45, 7) is 0.376. The van der Waals surface area contributed by atoms with Gasteiger partial charge in [-0.15, -0.1) is 0 Å². The van der Waals surface area contributed by atoms with Crippen molar-refractivity contribution in [3.05, 3.63) is 51.6 Å². The van der Waals surface area contributed by atoms with Crippen molar-refractivity contribution in [3.63, 3.8) is 0 Å². The Morgan fingerprint density at radius 3 is 2.89 bits per heavy atom. The van der Waals surface area contributed by atoms with E-state index in [4.69, 9.17) is 16.0 Å². The lowest BCUT2D eigenvalue weighted by Crippen LogP contribution is -2.18. The molecule has 0 unspecified atom stereocenters. The normalized spacial score (nSPS) is 10.3. The number of hydrogen-bond acceptors (Lipinski definition) is 5. The van der Waals surface area contributed by atoms with E-state index in [-0.39, 0.29) is 16.7 Å². The Balaban J connectivity index is 2.31. The number of anilines is 1. The van der Waals surface area contributed by atoms with Gasteiger partial charge in [-0.3, -0.25) is 10.1 Å². The van der Waals surface area contributed by atoms with Crippen LogP contribution in [0.1, 0.15) is 5.76 Å². The average Bonchev–Trinajstić information content (AvgIpc) is 2.81. The maximum absolute atomic E-state index is 10.9. The summed E-state index contributed by atoms with van der Waals surface area (Å²) in [5, 5.41) is 11.1. The van der Waals surface area contributed by atoms with E-state index in [1.54, 1.807) is 30.3 Å². The summed E-state index contributed by atoms with van der Waals surface area (Å²) in [6.07, 6.45) is 1.54. The molecule has 94 valence electrons. The van der Waals surface area contributed by atoms with Crippen molar-refractivity contribution in [2.75, 3.05) is 11.9 Å². The van der Waals surface area contributed by atoms with Crippen LogP contribution in [0.15, 0.2) is 34.9 Å². The first-order chi connectivity index (χ1) is 8.58. The molecule has 0 spiro atoms. The molecule has 0 radical (unpaired) electrons. The van der Waals surface area contributed by atoms with Crippen LogP contribution in [-0.4, -0.2) is 17.0 Å². The second kappa shape index (κ2) is 5.05. The molecule has 2 heterocycles. The number of nitro groups is 1. The molecule has 2 rings (SSSR count). The lowest BCUT2D eigenvalue weighted by Gasteiger charge is -2.16. The van der Waals surface area contributed by atoms with E-state index in [1.165, 1.54) is 12.1 Å². The Morgan fingerprint density at radius 1 is 1.50 bits per heavy atom. The summed E-state index contributed by atoms with van der Waals surface area (Å²) in [5.74, 6) is 0.900. The molecule has 2 aromatic rings. The highest BCUT2D eigenvalue weighted by Gasteiger charge is 2.19. The second-order valence-corrected chi connectivity index (χ2v) is 4.06. The van der Waals surface area contributed by atoms with E-state index in [0.717, 1.165) is 0 Å². The van der Waals surface area contributed by atoms with Crippen molar-refractivity contribution < 1.29 is 9.34 Å². The van der Waals surface area contributed by atoms with Crippen molar-refractivity contribution >= 4 is 23.1 Å². The summed E-state index contributed by atoms with van der Waals surface area (Å²) in [7, 11) is 1.69. The number of hydrogen-bond donors (Lipinski definition) is 0. The van der Waals surface area contributed by atoms with E-state index >= 15 is 0 Å². The fraction of sp³-hybridized carbons (Fsp3) is 0.182. The highest BCUT2D eigenvalue weighted by molar-refractivity contribution is 6.29.